The van der Waals surface area contributed by atoms with Gasteiger partial charge in [-0.2, -0.15) is 23.5 Å². The third-order valence-corrected chi connectivity index (χ3v) is 7.70. The molecule has 0 fully saturated rings. The van der Waals surface area contributed by atoms with Crippen LogP contribution in [0.2, 0.25) is 5.15 Å². The van der Waals surface area contributed by atoms with Crippen LogP contribution < -0.4 is 14.4 Å². The number of rotatable bonds is 6. The van der Waals surface area contributed by atoms with Crippen molar-refractivity contribution >= 4 is 39.4 Å². The Morgan fingerprint density at radius 1 is 1.27 bits per heavy atom. The summed E-state index contributed by atoms with van der Waals surface area (Å²) in [5, 5.41) is 14.6. The molecule has 1 amide bonds. The number of carbonyl (C=O) groups is 1. The molecule has 0 spiro atoms. The van der Waals surface area contributed by atoms with Gasteiger partial charge in [0.25, 0.3) is 10.0 Å². The number of halogens is 4. The van der Waals surface area contributed by atoms with Gasteiger partial charge in [0.15, 0.2) is 10.8 Å². The number of amides is 1. The van der Waals surface area contributed by atoms with E-state index < -0.39 is 27.8 Å². The van der Waals surface area contributed by atoms with Gasteiger partial charge in [-0.15, -0.1) is 0 Å². The van der Waals surface area contributed by atoms with Gasteiger partial charge in [0.2, 0.25) is 6.41 Å². The molecule has 3 rings (SSSR count). The van der Waals surface area contributed by atoms with Crippen LogP contribution in [0.4, 0.5) is 24.5 Å². The minimum atomic E-state index is -4.28. The molecule has 1 aromatic heterocycles. The zero-order valence-electron chi connectivity index (χ0n) is 23.6. The van der Waals surface area contributed by atoms with Crippen LogP contribution in [0.3, 0.4) is 0 Å². The number of nitrogens with one attached hydrogen (secondary N) is 1. The summed E-state index contributed by atoms with van der Waals surface area (Å²) in [5.74, 6) is 0.414. The highest BCUT2D eigenvalue weighted by Crippen LogP contribution is 2.40. The molecule has 40 heavy (non-hydrogen) atoms. The normalized spacial score (nSPS) is 15.3. The van der Waals surface area contributed by atoms with E-state index in [4.69, 9.17) is 21.6 Å². The molecular weight excluding hydrogens is 575 g/mol. The number of nitrogens with zero attached hydrogens (tertiary/aromatic N) is 4. The topological polar surface area (TPSA) is 127 Å². The number of hydrogen-bond acceptors (Lipinski definition) is 7. The second-order valence-electron chi connectivity index (χ2n) is 10.1. The molecule has 1 N–H and O–H groups in total. The molecule has 10 nitrogen and oxygen atoms in total. The van der Waals surface area contributed by atoms with Crippen LogP contribution >= 0.6 is 11.6 Å². The standard InChI is InChI=1S/C15H17ClN4O4S.C5H9F3O.C5H9N/c1-3-19-7-14(15(16)18-19)25(22,23)20-10(2)8-24-13-5-4-11(17-9-21)6-12(13)20;1-4(2,9-3)5(6,7)8;1-5(2,3)4-6/h4-7,9-10H,3,8H2,1-2H3,(H,17,21);1-3H3;1-3H3/t10-;;/m1../s1. The Labute approximate surface area is 238 Å². The number of aromatic nitrogens is 2. The number of sulfonamides is 1. The predicted octanol–water partition coefficient (Wildman–Crippen LogP) is 5.63. The van der Waals surface area contributed by atoms with Crippen LogP contribution in [-0.2, 0) is 26.1 Å². The van der Waals surface area contributed by atoms with Crippen molar-refractivity contribution in [2.75, 3.05) is 23.3 Å². The maximum absolute atomic E-state index is 13.2. The first kappa shape index (κ1) is 35.0. The fourth-order valence-electron chi connectivity index (χ4n) is 2.79. The van der Waals surface area contributed by atoms with Crippen molar-refractivity contribution in [3.05, 3.63) is 29.5 Å². The Morgan fingerprint density at radius 3 is 2.25 bits per heavy atom. The monoisotopic (exact) mass is 609 g/mol. The molecule has 1 atom stereocenters. The second kappa shape index (κ2) is 13.6. The number of carbonyl (C=O) groups excluding carboxylic acids is 1. The van der Waals surface area contributed by atoms with Crippen molar-refractivity contribution in [1.29, 1.82) is 5.26 Å². The number of ether oxygens (including phenoxy) is 2. The van der Waals surface area contributed by atoms with Crippen molar-refractivity contribution in [2.45, 2.75) is 77.7 Å². The van der Waals surface area contributed by atoms with Crippen molar-refractivity contribution < 1.29 is 35.9 Å². The lowest BCUT2D eigenvalue weighted by atomic mass is 10.0. The summed E-state index contributed by atoms with van der Waals surface area (Å²) in [6.07, 6.45) is -2.34. The van der Waals surface area contributed by atoms with E-state index in [0.717, 1.165) is 21.0 Å². The lowest BCUT2D eigenvalue weighted by Crippen LogP contribution is -2.45. The number of aryl methyl sites for hydroxylation is 1. The van der Waals surface area contributed by atoms with Crippen molar-refractivity contribution in [3.8, 4) is 11.8 Å². The van der Waals surface area contributed by atoms with Gasteiger partial charge in [-0.25, -0.2) is 8.42 Å². The van der Waals surface area contributed by atoms with Crippen molar-refractivity contribution in [1.82, 2.24) is 9.78 Å². The molecule has 0 saturated carbocycles. The minimum absolute atomic E-state index is 0.0653. The highest BCUT2D eigenvalue weighted by atomic mass is 35.5. The Kier molecular flexibility index (Phi) is 11.9. The number of benzene rings is 1. The van der Waals surface area contributed by atoms with Gasteiger partial charge in [0, 0.05) is 31.0 Å². The molecule has 1 aromatic carbocycles. The Morgan fingerprint density at radius 2 is 1.85 bits per heavy atom. The van der Waals surface area contributed by atoms with Crippen LogP contribution in [0.15, 0.2) is 29.3 Å². The average molecular weight is 610 g/mol. The first-order valence-electron chi connectivity index (χ1n) is 12.0. The summed E-state index contributed by atoms with van der Waals surface area (Å²) in [6.45, 7) is 11.9. The van der Waals surface area contributed by atoms with E-state index in [0.29, 0.717) is 30.1 Å². The van der Waals surface area contributed by atoms with E-state index in [-0.39, 0.29) is 22.1 Å². The van der Waals surface area contributed by atoms with E-state index in [1.165, 1.54) is 15.2 Å². The largest absolute Gasteiger partial charge is 0.489 e. The predicted molar refractivity (Wildman–Crippen MR) is 146 cm³/mol. The summed E-state index contributed by atoms with van der Waals surface area (Å²) in [5.41, 5.74) is -1.37. The number of fused-ring (bicyclic) bond motifs is 1. The third-order valence-electron chi connectivity index (χ3n) is 5.38. The maximum atomic E-state index is 13.2. The fraction of sp³-hybridized carbons (Fsp3) is 0.560. The molecule has 224 valence electrons. The zero-order chi connectivity index (χ0) is 31.1. The van der Waals surface area contributed by atoms with Gasteiger partial charge in [0.1, 0.15) is 17.3 Å². The Balaban J connectivity index is 0.000000441. The molecule has 0 aliphatic carbocycles. The first-order chi connectivity index (χ1) is 18.2. The summed E-state index contributed by atoms with van der Waals surface area (Å²) in [4.78, 5) is 10.6. The number of nitriles is 1. The minimum Gasteiger partial charge on any atom is -0.489 e. The number of alkyl halides is 3. The van der Waals surface area contributed by atoms with E-state index in [9.17, 15) is 26.4 Å². The van der Waals surface area contributed by atoms with Gasteiger partial charge in [-0.1, -0.05) is 11.6 Å². The zero-order valence-corrected chi connectivity index (χ0v) is 25.2. The van der Waals surface area contributed by atoms with E-state index in [1.807, 2.05) is 27.7 Å². The average Bonchev–Trinajstić information content (AvgIpc) is 3.25. The van der Waals surface area contributed by atoms with Crippen LogP contribution in [0.25, 0.3) is 0 Å². The number of methoxy groups -OCH3 is 1. The van der Waals surface area contributed by atoms with Gasteiger partial charge < -0.3 is 14.8 Å². The summed E-state index contributed by atoms with van der Waals surface area (Å²) in [7, 11) is -2.92. The number of anilines is 2. The summed E-state index contributed by atoms with van der Waals surface area (Å²) >= 11 is 6.06. The molecule has 0 radical (unpaired) electrons. The molecule has 1 aliphatic heterocycles. The highest BCUT2D eigenvalue weighted by Gasteiger charge is 2.47. The third kappa shape index (κ3) is 9.00. The Bertz CT molecular complexity index is 1300. The summed E-state index contributed by atoms with van der Waals surface area (Å²) < 4.78 is 74.1. The Hall–Kier alpha value is -3.02. The second-order valence-corrected chi connectivity index (χ2v) is 12.3. The molecule has 0 bridgehead atoms. The van der Waals surface area contributed by atoms with Crippen molar-refractivity contribution in [3.63, 3.8) is 0 Å². The number of hydrogen-bond donors (Lipinski definition) is 1. The smallest absolute Gasteiger partial charge is 0.416 e. The molecular formula is C25H35ClF3N5O5S. The van der Waals surface area contributed by atoms with Crippen LogP contribution in [-0.4, -0.2) is 56.1 Å². The first-order valence-corrected chi connectivity index (χ1v) is 13.8. The molecule has 1 aliphatic rings. The van der Waals surface area contributed by atoms with E-state index in [2.05, 4.69) is 21.2 Å². The van der Waals surface area contributed by atoms with Crippen molar-refractivity contribution in [2.24, 2.45) is 5.41 Å². The molecule has 2 heterocycles. The van der Waals surface area contributed by atoms with Gasteiger partial charge in [-0.05, 0) is 66.7 Å². The molecule has 0 saturated heterocycles. The van der Waals surface area contributed by atoms with E-state index >= 15 is 0 Å². The van der Waals surface area contributed by atoms with Gasteiger partial charge >= 0.3 is 6.18 Å². The summed E-state index contributed by atoms with van der Waals surface area (Å²) in [6, 6.07) is 6.45. The van der Waals surface area contributed by atoms with Crippen LogP contribution in [0.5, 0.6) is 5.75 Å². The van der Waals surface area contributed by atoms with Gasteiger partial charge in [0.05, 0.1) is 17.8 Å². The fourth-order valence-corrected chi connectivity index (χ4v) is 4.88. The molecule has 2 aromatic rings. The highest BCUT2D eigenvalue weighted by molar-refractivity contribution is 7.93. The van der Waals surface area contributed by atoms with Crippen LogP contribution in [0, 0.1) is 16.7 Å². The van der Waals surface area contributed by atoms with Gasteiger partial charge in [-0.3, -0.25) is 13.8 Å². The lowest BCUT2D eigenvalue weighted by molar-refractivity contribution is -0.255. The van der Waals surface area contributed by atoms with Crippen LogP contribution in [0.1, 0.15) is 48.5 Å². The maximum Gasteiger partial charge on any atom is 0.416 e. The van der Waals surface area contributed by atoms with E-state index in [1.54, 1.807) is 25.1 Å². The SMILES string of the molecule is CC(C)(C)C#N.CCn1cc(S(=O)(=O)N2c3cc(NC=O)ccc3OC[C@H]2C)c(Cl)n1.COC(C)(C)C(F)(F)F. The molecule has 0 unspecified atom stereocenters. The quantitative estimate of drug-likeness (QED) is 0.421. The molecule has 15 heteroatoms. The lowest BCUT2D eigenvalue weighted by Gasteiger charge is -2.35.